The number of aryl methyl sites for hydroxylation is 1. The lowest BCUT2D eigenvalue weighted by atomic mass is 9.79. The Hall–Kier alpha value is -1.44. The quantitative estimate of drug-likeness (QED) is 0.565. The molecular weight excluding hydrogens is 306 g/mol. The first-order chi connectivity index (χ1) is 11.6. The second kappa shape index (κ2) is 7.63. The largest absolute Gasteiger partial charge is 0.387 e. The third kappa shape index (κ3) is 4.15. The molecule has 1 aromatic heterocycles. The van der Waals surface area contributed by atoms with Gasteiger partial charge in [-0.05, 0) is 45.7 Å². The van der Waals surface area contributed by atoms with Gasteiger partial charge in [0.25, 0.3) is 5.56 Å². The summed E-state index contributed by atoms with van der Waals surface area (Å²) in [5, 5.41) is 17.6. The number of hydrogen-bond donors (Lipinski definition) is 4. The molecule has 0 saturated carbocycles. The van der Waals surface area contributed by atoms with E-state index in [0.717, 1.165) is 32.4 Å². The minimum absolute atomic E-state index is 0.146. The van der Waals surface area contributed by atoms with Crippen LogP contribution in [0.25, 0.3) is 0 Å². The molecule has 3 heterocycles. The molecule has 0 unspecified atom stereocenters. The Bertz CT molecular complexity index is 603. The van der Waals surface area contributed by atoms with Crippen molar-refractivity contribution in [2.24, 2.45) is 0 Å². The summed E-state index contributed by atoms with van der Waals surface area (Å²) in [6.07, 6.45) is 5.52. The zero-order chi connectivity index (χ0) is 17.0. The summed E-state index contributed by atoms with van der Waals surface area (Å²) in [7, 11) is 0. The average molecular weight is 335 g/mol. The third-order valence-electron chi connectivity index (χ3n) is 5.18. The Balaban J connectivity index is 1.44. The van der Waals surface area contributed by atoms with Gasteiger partial charge in [0.2, 0.25) is 5.95 Å². The van der Waals surface area contributed by atoms with E-state index in [1.165, 1.54) is 18.9 Å². The van der Waals surface area contributed by atoms with Crippen molar-refractivity contribution in [1.29, 1.82) is 0 Å². The summed E-state index contributed by atoms with van der Waals surface area (Å²) >= 11 is 0. The molecule has 2 atom stereocenters. The van der Waals surface area contributed by atoms with Crippen LogP contribution in [0.3, 0.4) is 0 Å². The van der Waals surface area contributed by atoms with Crippen LogP contribution in [0.1, 0.15) is 37.8 Å². The Morgan fingerprint density at radius 2 is 2.21 bits per heavy atom. The molecule has 7 nitrogen and oxygen atoms in total. The van der Waals surface area contributed by atoms with Crippen LogP contribution in [0.4, 0.5) is 5.95 Å². The van der Waals surface area contributed by atoms with Crippen LogP contribution >= 0.6 is 0 Å². The highest BCUT2D eigenvalue weighted by Gasteiger charge is 2.43. The number of nitrogens with one attached hydrogen (secondary N) is 3. The monoisotopic (exact) mass is 335 g/mol. The van der Waals surface area contributed by atoms with Crippen LogP contribution in [0.5, 0.6) is 0 Å². The molecule has 1 aromatic rings. The van der Waals surface area contributed by atoms with Crippen LogP contribution in [0, 0.1) is 6.92 Å². The van der Waals surface area contributed by atoms with Crippen LogP contribution in [0.15, 0.2) is 10.9 Å². The van der Waals surface area contributed by atoms with Crippen LogP contribution < -0.4 is 16.2 Å². The Labute approximate surface area is 142 Å². The van der Waals surface area contributed by atoms with Gasteiger partial charge in [0.05, 0.1) is 5.60 Å². The Morgan fingerprint density at radius 3 is 3.04 bits per heavy atom. The smallest absolute Gasteiger partial charge is 0.252 e. The number of piperidine rings is 2. The first kappa shape index (κ1) is 17.4. The second-order valence-corrected chi connectivity index (χ2v) is 7.09. The predicted octanol–water partition coefficient (Wildman–Crippen LogP) is 0.459. The van der Waals surface area contributed by atoms with E-state index in [9.17, 15) is 9.90 Å². The van der Waals surface area contributed by atoms with Crippen molar-refractivity contribution in [2.75, 3.05) is 38.0 Å². The fourth-order valence-electron chi connectivity index (χ4n) is 4.07. The molecular formula is C17H29N5O2. The first-order valence-corrected chi connectivity index (χ1v) is 9.06. The Morgan fingerprint density at radius 1 is 1.38 bits per heavy atom. The lowest BCUT2D eigenvalue weighted by molar-refractivity contribution is -0.0915. The first-order valence-electron chi connectivity index (χ1n) is 9.06. The summed E-state index contributed by atoms with van der Waals surface area (Å²) in [4.78, 5) is 20.8. The van der Waals surface area contributed by atoms with E-state index in [1.807, 2.05) is 0 Å². The second-order valence-electron chi connectivity index (χ2n) is 7.09. The number of hydrogen-bond acceptors (Lipinski definition) is 6. The third-order valence-corrected chi connectivity index (χ3v) is 5.18. The highest BCUT2D eigenvalue weighted by atomic mass is 16.3. The molecule has 7 heteroatoms. The summed E-state index contributed by atoms with van der Waals surface area (Å²) < 4.78 is 0. The number of aromatic amines is 1. The summed E-state index contributed by atoms with van der Waals surface area (Å²) in [5.74, 6) is 0.497. The number of rotatable bonds is 6. The van der Waals surface area contributed by atoms with Gasteiger partial charge in [0.15, 0.2) is 0 Å². The molecule has 0 aliphatic carbocycles. The predicted molar refractivity (Wildman–Crippen MR) is 94.3 cm³/mol. The van der Waals surface area contributed by atoms with Crippen LogP contribution in [-0.2, 0) is 0 Å². The van der Waals surface area contributed by atoms with Crippen LogP contribution in [0.2, 0.25) is 0 Å². The van der Waals surface area contributed by atoms with Gasteiger partial charge in [-0.2, -0.15) is 0 Å². The van der Waals surface area contributed by atoms with Gasteiger partial charge in [-0.15, -0.1) is 0 Å². The van der Waals surface area contributed by atoms with E-state index in [4.69, 9.17) is 0 Å². The van der Waals surface area contributed by atoms with E-state index < -0.39 is 5.60 Å². The van der Waals surface area contributed by atoms with E-state index in [-0.39, 0.29) is 5.56 Å². The zero-order valence-corrected chi connectivity index (χ0v) is 14.5. The fraction of sp³-hybridized carbons (Fsp3) is 0.765. The fourth-order valence-corrected chi connectivity index (χ4v) is 4.07. The Kier molecular flexibility index (Phi) is 5.53. The molecule has 2 aliphatic heterocycles. The summed E-state index contributed by atoms with van der Waals surface area (Å²) in [6.45, 7) is 6.03. The molecule has 0 bridgehead atoms. The van der Waals surface area contributed by atoms with E-state index in [2.05, 4.69) is 25.5 Å². The average Bonchev–Trinajstić information content (AvgIpc) is 2.54. The standard InChI is InChI=1S/C17H29N5O2/c1-13-11-15(23)21-16(20-13)19-8-7-18-12-17(24)6-4-10-22-9-3-2-5-14(17)22/h11,14,18,24H,2-10,12H2,1H3,(H2,19,20,21,23)/t14-,17-/m1/s1. The van der Waals surface area contributed by atoms with Gasteiger partial charge in [-0.3, -0.25) is 14.7 Å². The topological polar surface area (TPSA) is 93.3 Å². The maximum Gasteiger partial charge on any atom is 0.252 e. The van der Waals surface area contributed by atoms with Crippen molar-refractivity contribution in [3.8, 4) is 0 Å². The highest BCUT2D eigenvalue weighted by molar-refractivity contribution is 5.24. The van der Waals surface area contributed by atoms with Crippen molar-refractivity contribution in [1.82, 2.24) is 20.2 Å². The number of aromatic nitrogens is 2. The lowest BCUT2D eigenvalue weighted by Gasteiger charge is -2.49. The van der Waals surface area contributed by atoms with Crippen molar-refractivity contribution in [2.45, 2.75) is 50.7 Å². The minimum atomic E-state index is -0.616. The molecule has 0 spiro atoms. The van der Waals surface area contributed by atoms with Gasteiger partial charge < -0.3 is 15.7 Å². The molecule has 3 rings (SSSR count). The number of nitrogens with zero attached hydrogens (tertiary/aromatic N) is 2. The molecule has 0 radical (unpaired) electrons. The van der Waals surface area contributed by atoms with Crippen LogP contribution in [-0.4, -0.2) is 64.3 Å². The highest BCUT2D eigenvalue weighted by Crippen LogP contribution is 2.33. The maximum absolute atomic E-state index is 11.4. The van der Waals surface area contributed by atoms with E-state index >= 15 is 0 Å². The van der Waals surface area contributed by atoms with Gasteiger partial charge in [0.1, 0.15) is 0 Å². The summed E-state index contributed by atoms with van der Waals surface area (Å²) in [6, 6.07) is 1.77. The lowest BCUT2D eigenvalue weighted by Crippen LogP contribution is -2.62. The van der Waals surface area contributed by atoms with Gasteiger partial charge >= 0.3 is 0 Å². The molecule has 24 heavy (non-hydrogen) atoms. The molecule has 4 N–H and O–H groups in total. The molecule has 0 amide bonds. The van der Waals surface area contributed by atoms with Crippen molar-refractivity contribution in [3.05, 3.63) is 22.1 Å². The van der Waals surface area contributed by atoms with Crippen molar-refractivity contribution in [3.63, 3.8) is 0 Å². The SMILES string of the molecule is Cc1cc(=O)[nH]c(NCCNC[C@]2(O)CCCN3CCCC[C@@H]32)n1. The van der Waals surface area contributed by atoms with Gasteiger partial charge in [-0.1, -0.05) is 6.42 Å². The van der Waals surface area contributed by atoms with Crippen molar-refractivity contribution >= 4 is 5.95 Å². The molecule has 0 aromatic carbocycles. The number of aliphatic hydroxyl groups is 1. The molecule has 2 aliphatic rings. The molecule has 2 saturated heterocycles. The zero-order valence-electron chi connectivity index (χ0n) is 14.5. The molecule has 134 valence electrons. The summed E-state index contributed by atoms with van der Waals surface area (Å²) in [5.41, 5.74) is -0.0656. The van der Waals surface area contributed by atoms with E-state index in [0.29, 0.717) is 37.3 Å². The van der Waals surface area contributed by atoms with Gasteiger partial charge in [-0.25, -0.2) is 4.98 Å². The minimum Gasteiger partial charge on any atom is -0.387 e. The van der Waals surface area contributed by atoms with Gasteiger partial charge in [0, 0.05) is 37.4 Å². The normalized spacial score (nSPS) is 27.7. The van der Waals surface area contributed by atoms with Crippen molar-refractivity contribution < 1.29 is 5.11 Å². The number of H-pyrrole nitrogens is 1. The molecule has 2 fully saturated rings. The van der Waals surface area contributed by atoms with E-state index in [1.54, 1.807) is 6.92 Å². The maximum atomic E-state index is 11.4. The number of fused-ring (bicyclic) bond motifs is 1. The number of anilines is 1.